The molecule has 3 amide bonds. The first-order valence-electron chi connectivity index (χ1n) is 13.4. The van der Waals surface area contributed by atoms with Crippen molar-refractivity contribution in [3.05, 3.63) is 53.6 Å². The SMILES string of the molecule is CCC(C)C(NC(=O)OC(C)(C)C)C(=O)N(C1CC1)C(C(=O)Nc1ccc(OC)cc1)c1cccc(C)c1O. The Morgan fingerprint density at radius 1 is 1.10 bits per heavy atom. The topological polar surface area (TPSA) is 117 Å². The molecule has 1 fully saturated rings. The van der Waals surface area contributed by atoms with Gasteiger partial charge in [-0.1, -0.05) is 38.5 Å². The molecule has 1 aliphatic rings. The maximum Gasteiger partial charge on any atom is 0.408 e. The Hall–Kier alpha value is -3.75. The maximum absolute atomic E-state index is 14.3. The quantitative estimate of drug-likeness (QED) is 0.376. The standard InChI is InChI=1S/C30H41N3O6/c1-8-18(2)24(32-29(37)39-30(4,5)6)28(36)33(21-14-15-21)25(23-11-9-10-19(3)26(23)34)27(35)31-20-12-16-22(38-7)17-13-20/h9-13,16-18,21,24-25,34H,8,14-15H2,1-7H3,(H,31,35)(H,32,37). The van der Waals surface area contributed by atoms with Gasteiger partial charge in [0.1, 0.15) is 29.2 Å². The number of aromatic hydroxyl groups is 1. The van der Waals surface area contributed by atoms with E-state index in [0.29, 0.717) is 41.8 Å². The molecule has 9 nitrogen and oxygen atoms in total. The van der Waals surface area contributed by atoms with Crippen molar-refractivity contribution >= 4 is 23.6 Å². The number of nitrogens with one attached hydrogen (secondary N) is 2. The number of methoxy groups -OCH3 is 1. The van der Waals surface area contributed by atoms with E-state index in [1.165, 1.54) is 4.90 Å². The first-order valence-corrected chi connectivity index (χ1v) is 13.4. The number of ether oxygens (including phenoxy) is 2. The van der Waals surface area contributed by atoms with Crippen molar-refractivity contribution < 1.29 is 29.0 Å². The number of anilines is 1. The molecule has 3 unspecified atom stereocenters. The van der Waals surface area contributed by atoms with Crippen LogP contribution in [0, 0.1) is 12.8 Å². The Morgan fingerprint density at radius 2 is 1.74 bits per heavy atom. The summed E-state index contributed by atoms with van der Waals surface area (Å²) in [5, 5.41) is 16.7. The highest BCUT2D eigenvalue weighted by Gasteiger charge is 2.45. The van der Waals surface area contributed by atoms with Gasteiger partial charge in [0.05, 0.1) is 7.11 Å². The number of hydrogen-bond donors (Lipinski definition) is 3. The predicted molar refractivity (Wildman–Crippen MR) is 150 cm³/mol. The van der Waals surface area contributed by atoms with Crippen molar-refractivity contribution in [3.63, 3.8) is 0 Å². The largest absolute Gasteiger partial charge is 0.507 e. The predicted octanol–water partition coefficient (Wildman–Crippen LogP) is 5.32. The summed E-state index contributed by atoms with van der Waals surface area (Å²) in [6.45, 7) is 10.8. The summed E-state index contributed by atoms with van der Waals surface area (Å²) in [6, 6.07) is 9.75. The van der Waals surface area contributed by atoms with Crippen LogP contribution >= 0.6 is 0 Å². The molecule has 2 aromatic carbocycles. The lowest BCUT2D eigenvalue weighted by Crippen LogP contribution is -2.55. The first kappa shape index (κ1) is 29.8. The molecule has 0 bridgehead atoms. The smallest absolute Gasteiger partial charge is 0.408 e. The third kappa shape index (κ3) is 7.65. The summed E-state index contributed by atoms with van der Waals surface area (Å²) in [4.78, 5) is 42.4. The summed E-state index contributed by atoms with van der Waals surface area (Å²) in [5.74, 6) is -0.510. The average Bonchev–Trinajstić information content (AvgIpc) is 3.71. The van der Waals surface area contributed by atoms with Crippen LogP contribution in [0.5, 0.6) is 11.5 Å². The second kappa shape index (κ2) is 12.4. The van der Waals surface area contributed by atoms with Gasteiger partial charge in [-0.25, -0.2) is 4.79 Å². The Balaban J connectivity index is 2.03. The number of nitrogens with zero attached hydrogens (tertiary/aromatic N) is 1. The molecule has 3 rings (SSSR count). The van der Waals surface area contributed by atoms with Gasteiger partial charge in [0.15, 0.2) is 0 Å². The first-order chi connectivity index (χ1) is 18.4. The maximum atomic E-state index is 14.3. The molecule has 0 heterocycles. The fourth-order valence-corrected chi connectivity index (χ4v) is 4.35. The third-order valence-corrected chi connectivity index (χ3v) is 6.79. The normalized spacial score (nSPS) is 15.5. The Bertz CT molecular complexity index is 1170. The molecule has 212 valence electrons. The van der Waals surface area contributed by atoms with E-state index in [9.17, 15) is 19.5 Å². The van der Waals surface area contributed by atoms with Gasteiger partial charge in [0.2, 0.25) is 5.91 Å². The number of hydrogen-bond acceptors (Lipinski definition) is 6. The summed E-state index contributed by atoms with van der Waals surface area (Å²) in [7, 11) is 1.56. The molecule has 9 heteroatoms. The molecule has 3 atom stereocenters. The van der Waals surface area contributed by atoms with Gasteiger partial charge in [-0.15, -0.1) is 0 Å². The second-order valence-corrected chi connectivity index (χ2v) is 11.1. The van der Waals surface area contributed by atoms with E-state index in [-0.39, 0.29) is 17.7 Å². The van der Waals surface area contributed by atoms with Crippen LogP contribution in [0.1, 0.15) is 71.0 Å². The number of alkyl carbamates (subject to hydrolysis) is 1. The zero-order chi connectivity index (χ0) is 28.9. The molecule has 2 aromatic rings. The number of para-hydroxylation sites is 1. The van der Waals surface area contributed by atoms with Crippen molar-refractivity contribution in [2.75, 3.05) is 12.4 Å². The molecular weight excluding hydrogens is 498 g/mol. The highest BCUT2D eigenvalue weighted by atomic mass is 16.6. The summed E-state index contributed by atoms with van der Waals surface area (Å²) >= 11 is 0. The second-order valence-electron chi connectivity index (χ2n) is 11.1. The zero-order valence-electron chi connectivity index (χ0n) is 23.9. The summed E-state index contributed by atoms with van der Waals surface area (Å²) in [6.07, 6.45) is 1.34. The Labute approximate surface area is 230 Å². The number of amides is 3. The zero-order valence-corrected chi connectivity index (χ0v) is 23.9. The molecule has 1 saturated carbocycles. The van der Waals surface area contributed by atoms with E-state index < -0.39 is 35.6 Å². The Morgan fingerprint density at radius 3 is 2.28 bits per heavy atom. The van der Waals surface area contributed by atoms with Crippen LogP contribution in [0.4, 0.5) is 10.5 Å². The van der Waals surface area contributed by atoms with Crippen LogP contribution in [-0.4, -0.2) is 52.7 Å². The molecule has 0 aromatic heterocycles. The third-order valence-electron chi connectivity index (χ3n) is 6.79. The van der Waals surface area contributed by atoms with Crippen LogP contribution in [0.2, 0.25) is 0 Å². The number of phenols is 1. The average molecular weight is 540 g/mol. The molecule has 3 N–H and O–H groups in total. The summed E-state index contributed by atoms with van der Waals surface area (Å²) in [5.41, 5.74) is 0.688. The van der Waals surface area contributed by atoms with Gasteiger partial charge < -0.3 is 30.1 Å². The number of aryl methyl sites for hydroxylation is 1. The molecule has 0 spiro atoms. The lowest BCUT2D eigenvalue weighted by atomic mass is 9.94. The van der Waals surface area contributed by atoms with Crippen molar-refractivity contribution in [1.82, 2.24) is 10.2 Å². The molecule has 0 aliphatic heterocycles. The minimum absolute atomic E-state index is 0.0500. The fourth-order valence-electron chi connectivity index (χ4n) is 4.35. The van der Waals surface area contributed by atoms with Crippen LogP contribution < -0.4 is 15.4 Å². The lowest BCUT2D eigenvalue weighted by Gasteiger charge is -2.36. The van der Waals surface area contributed by atoms with E-state index in [1.807, 2.05) is 13.8 Å². The van der Waals surface area contributed by atoms with E-state index in [2.05, 4.69) is 10.6 Å². The van der Waals surface area contributed by atoms with Gasteiger partial charge in [0, 0.05) is 17.3 Å². The fraction of sp³-hybridized carbons (Fsp3) is 0.500. The van der Waals surface area contributed by atoms with Gasteiger partial charge >= 0.3 is 6.09 Å². The van der Waals surface area contributed by atoms with Crippen LogP contribution in [0.25, 0.3) is 0 Å². The van der Waals surface area contributed by atoms with Gasteiger partial charge in [-0.05, 0) is 76.3 Å². The van der Waals surface area contributed by atoms with E-state index >= 15 is 0 Å². The van der Waals surface area contributed by atoms with Crippen LogP contribution in [-0.2, 0) is 14.3 Å². The van der Waals surface area contributed by atoms with Gasteiger partial charge in [0.25, 0.3) is 5.91 Å². The monoisotopic (exact) mass is 539 g/mol. The molecular formula is C30H41N3O6. The number of carbonyl (C=O) groups is 3. The van der Waals surface area contributed by atoms with Crippen molar-refractivity contribution in [3.8, 4) is 11.5 Å². The molecule has 0 radical (unpaired) electrons. The minimum atomic E-state index is -1.13. The minimum Gasteiger partial charge on any atom is -0.507 e. The highest BCUT2D eigenvalue weighted by Crippen LogP contribution is 2.40. The van der Waals surface area contributed by atoms with Gasteiger partial charge in [-0.3, -0.25) is 9.59 Å². The van der Waals surface area contributed by atoms with E-state index in [4.69, 9.17) is 9.47 Å². The van der Waals surface area contributed by atoms with E-state index in [1.54, 1.807) is 77.3 Å². The number of phenolic OH excluding ortho intramolecular Hbond substituents is 1. The van der Waals surface area contributed by atoms with Crippen molar-refractivity contribution in [1.29, 1.82) is 0 Å². The number of rotatable bonds is 10. The molecule has 1 aliphatic carbocycles. The van der Waals surface area contributed by atoms with Crippen molar-refractivity contribution in [2.24, 2.45) is 5.92 Å². The van der Waals surface area contributed by atoms with Crippen molar-refractivity contribution in [2.45, 2.75) is 84.5 Å². The number of benzene rings is 2. The van der Waals surface area contributed by atoms with Gasteiger partial charge in [-0.2, -0.15) is 0 Å². The van der Waals surface area contributed by atoms with E-state index in [0.717, 1.165) is 0 Å². The number of carbonyl (C=O) groups excluding carboxylic acids is 3. The van der Waals surface area contributed by atoms with Crippen LogP contribution in [0.3, 0.4) is 0 Å². The highest BCUT2D eigenvalue weighted by molar-refractivity contribution is 5.99. The molecule has 39 heavy (non-hydrogen) atoms. The summed E-state index contributed by atoms with van der Waals surface area (Å²) < 4.78 is 10.7. The Kier molecular flexibility index (Phi) is 9.48. The van der Waals surface area contributed by atoms with Crippen LogP contribution in [0.15, 0.2) is 42.5 Å². The molecule has 0 saturated heterocycles. The lowest BCUT2D eigenvalue weighted by molar-refractivity contribution is -0.142.